The highest BCUT2D eigenvalue weighted by Gasteiger charge is 2.31. The van der Waals surface area contributed by atoms with E-state index in [2.05, 4.69) is 47.5 Å². The second-order valence-corrected chi connectivity index (χ2v) is 8.24. The maximum Gasteiger partial charge on any atom is 0.258 e. The van der Waals surface area contributed by atoms with Crippen LogP contribution in [0.5, 0.6) is 0 Å². The smallest absolute Gasteiger partial charge is 0.258 e. The number of carbonyl (C=O) groups is 2. The summed E-state index contributed by atoms with van der Waals surface area (Å²) < 4.78 is 17.3. The first-order chi connectivity index (χ1) is 13.8. The lowest BCUT2D eigenvalue weighted by molar-refractivity contribution is -0.130. The van der Waals surface area contributed by atoms with Gasteiger partial charge in [0.05, 0.1) is 12.1 Å². The zero-order valence-corrected chi connectivity index (χ0v) is 17.9. The van der Waals surface area contributed by atoms with Crippen molar-refractivity contribution < 1.29 is 18.5 Å². The molecule has 7 nitrogen and oxygen atoms in total. The molecule has 1 N–H and O–H groups in total. The van der Waals surface area contributed by atoms with Crippen molar-refractivity contribution in [3.63, 3.8) is 0 Å². The van der Waals surface area contributed by atoms with Gasteiger partial charge in [0.25, 0.3) is 5.89 Å². The average Bonchev–Trinajstić information content (AvgIpc) is 3.15. The number of thioether (sulfide) groups is 1. The minimum Gasteiger partial charge on any atom is -0.350 e. The van der Waals surface area contributed by atoms with E-state index in [1.165, 1.54) is 24.3 Å². The van der Waals surface area contributed by atoms with Gasteiger partial charge in [-0.25, -0.2) is 4.39 Å². The zero-order valence-electron chi connectivity index (χ0n) is 17.1. The van der Waals surface area contributed by atoms with Gasteiger partial charge in [-0.3, -0.25) is 14.5 Å². The number of likely N-dealkylation sites (N-methyl/N-ethyl adjacent to an activating group) is 1. The lowest BCUT2D eigenvalue weighted by atomic mass is 9.99. The Bertz CT molecular complexity index is 797. The van der Waals surface area contributed by atoms with E-state index in [1.807, 2.05) is 0 Å². The molecule has 2 unspecified atom stereocenters. The van der Waals surface area contributed by atoms with Gasteiger partial charge in [0.1, 0.15) is 5.82 Å². The summed E-state index contributed by atoms with van der Waals surface area (Å²) in [6, 6.07) is 5.94. The molecule has 0 aliphatic carbocycles. The number of nitrogens with zero attached hydrogens (tertiary/aromatic N) is 3. The predicted molar refractivity (Wildman–Crippen MR) is 111 cm³/mol. The van der Waals surface area contributed by atoms with Crippen molar-refractivity contribution in [1.29, 1.82) is 0 Å². The van der Waals surface area contributed by atoms with Gasteiger partial charge in [-0.15, -0.1) is 0 Å². The van der Waals surface area contributed by atoms with Gasteiger partial charge in [0, 0.05) is 17.9 Å². The van der Waals surface area contributed by atoms with Crippen molar-refractivity contribution in [1.82, 2.24) is 20.4 Å². The molecule has 0 radical (unpaired) electrons. The molecule has 9 heteroatoms. The number of rotatable bonds is 6. The molecular formula is C20H27FN4O3S. The normalized spacial score (nSPS) is 19.4. The number of hydrogen-bond donors (Lipinski definition) is 1. The number of benzene rings is 1. The van der Waals surface area contributed by atoms with Crippen LogP contribution in [0.25, 0.3) is 11.5 Å². The Morgan fingerprint density at radius 2 is 2.07 bits per heavy atom. The highest BCUT2D eigenvalue weighted by Crippen LogP contribution is 2.17. The van der Waals surface area contributed by atoms with E-state index < -0.39 is 0 Å². The first-order valence-electron chi connectivity index (χ1n) is 9.38. The SMILES string of the molecule is CSCC1CN(C)C(CC(C)C)C(=O)N1.O=Cc1noc(-c2ccc(F)cc2)n1. The molecule has 0 bridgehead atoms. The number of amides is 1. The molecule has 0 saturated carbocycles. The summed E-state index contributed by atoms with van der Waals surface area (Å²) in [6.07, 6.45) is 3.51. The highest BCUT2D eigenvalue weighted by molar-refractivity contribution is 7.98. The molecule has 1 amide bonds. The second-order valence-electron chi connectivity index (χ2n) is 7.33. The number of carbonyl (C=O) groups excluding carboxylic acids is 2. The number of hydrogen-bond acceptors (Lipinski definition) is 7. The quantitative estimate of drug-likeness (QED) is 0.716. The highest BCUT2D eigenvalue weighted by atomic mass is 32.2. The average molecular weight is 423 g/mol. The topological polar surface area (TPSA) is 88.3 Å². The zero-order chi connectivity index (χ0) is 21.4. The second kappa shape index (κ2) is 11.1. The predicted octanol–water partition coefficient (Wildman–Crippen LogP) is 2.88. The fraction of sp³-hybridized carbons (Fsp3) is 0.500. The Hall–Kier alpha value is -2.26. The van der Waals surface area contributed by atoms with Gasteiger partial charge in [-0.1, -0.05) is 19.0 Å². The van der Waals surface area contributed by atoms with Crippen LogP contribution in [0, 0.1) is 11.7 Å². The van der Waals surface area contributed by atoms with E-state index in [4.69, 9.17) is 4.52 Å². The summed E-state index contributed by atoms with van der Waals surface area (Å²) in [6.45, 7) is 5.30. The van der Waals surface area contributed by atoms with Crippen LogP contribution in [0.1, 0.15) is 30.9 Å². The maximum atomic E-state index is 12.6. The molecule has 29 heavy (non-hydrogen) atoms. The van der Waals surface area contributed by atoms with Gasteiger partial charge in [-0.2, -0.15) is 16.7 Å². The molecule has 1 aliphatic rings. The van der Waals surface area contributed by atoms with Gasteiger partial charge in [0.15, 0.2) is 6.29 Å². The Morgan fingerprint density at radius 3 is 2.59 bits per heavy atom. The molecule has 1 aromatic heterocycles. The van der Waals surface area contributed by atoms with Gasteiger partial charge in [-0.05, 0) is 49.9 Å². The minimum atomic E-state index is -0.344. The van der Waals surface area contributed by atoms with Gasteiger partial charge in [0.2, 0.25) is 11.7 Å². The molecule has 2 heterocycles. The van der Waals surface area contributed by atoms with Crippen LogP contribution in [0.15, 0.2) is 28.8 Å². The third kappa shape index (κ3) is 6.93. The summed E-state index contributed by atoms with van der Waals surface area (Å²) in [5.41, 5.74) is 0.576. The molecule has 1 fully saturated rings. The standard InChI is InChI=1S/C11H22N2OS.C9H5FN2O2/c1-8(2)5-10-11(14)12-9(7-15-4)6-13(10)3;10-7-3-1-6(2-4-7)9-11-8(5-13)12-14-9/h8-10H,5-7H2,1-4H3,(H,12,14);1-5H. The molecular weight excluding hydrogens is 395 g/mol. The Morgan fingerprint density at radius 1 is 1.38 bits per heavy atom. The molecule has 158 valence electrons. The number of piperazine rings is 1. The maximum absolute atomic E-state index is 12.6. The van der Waals surface area contributed by atoms with E-state index >= 15 is 0 Å². The Kier molecular flexibility index (Phi) is 8.78. The third-order valence-electron chi connectivity index (χ3n) is 4.39. The van der Waals surface area contributed by atoms with Crippen LogP contribution in [0.4, 0.5) is 4.39 Å². The molecule has 2 atom stereocenters. The first kappa shape index (κ1) is 23.0. The van der Waals surface area contributed by atoms with Crippen molar-refractivity contribution in [2.24, 2.45) is 5.92 Å². The lowest BCUT2D eigenvalue weighted by Crippen LogP contribution is -2.59. The molecule has 1 aliphatic heterocycles. The number of halogens is 1. The summed E-state index contributed by atoms with van der Waals surface area (Å²) in [5, 5.41) is 6.49. The lowest BCUT2D eigenvalue weighted by Gasteiger charge is -2.37. The third-order valence-corrected chi connectivity index (χ3v) is 5.13. The summed E-state index contributed by atoms with van der Waals surface area (Å²) in [5.74, 6) is 1.61. The largest absolute Gasteiger partial charge is 0.350 e. The van der Waals surface area contributed by atoms with E-state index in [0.29, 0.717) is 23.8 Å². The van der Waals surface area contributed by atoms with E-state index in [9.17, 15) is 14.0 Å². The molecule has 1 saturated heterocycles. The number of aromatic nitrogens is 2. The summed E-state index contributed by atoms with van der Waals surface area (Å²) >= 11 is 1.79. The Labute approximate surface area is 174 Å². The van der Waals surface area contributed by atoms with Crippen LogP contribution in [-0.2, 0) is 4.79 Å². The van der Waals surface area contributed by atoms with Crippen LogP contribution in [0.2, 0.25) is 0 Å². The van der Waals surface area contributed by atoms with E-state index in [0.717, 1.165) is 18.7 Å². The first-order valence-corrected chi connectivity index (χ1v) is 10.8. The van der Waals surface area contributed by atoms with Crippen molar-refractivity contribution >= 4 is 24.0 Å². The Balaban J connectivity index is 0.000000207. The van der Waals surface area contributed by atoms with Gasteiger partial charge < -0.3 is 9.84 Å². The van der Waals surface area contributed by atoms with E-state index in [-0.39, 0.29) is 29.5 Å². The van der Waals surface area contributed by atoms with Crippen molar-refractivity contribution in [3.05, 3.63) is 35.9 Å². The molecule has 0 spiro atoms. The minimum absolute atomic E-state index is 0.0238. The molecule has 1 aromatic carbocycles. The van der Waals surface area contributed by atoms with E-state index in [1.54, 1.807) is 11.8 Å². The summed E-state index contributed by atoms with van der Waals surface area (Å²) in [7, 11) is 2.05. The van der Waals surface area contributed by atoms with Crippen molar-refractivity contribution in [2.45, 2.75) is 32.4 Å². The number of aldehydes is 1. The number of nitrogens with one attached hydrogen (secondary N) is 1. The molecule has 3 rings (SSSR count). The fourth-order valence-electron chi connectivity index (χ4n) is 3.04. The van der Waals surface area contributed by atoms with Crippen LogP contribution in [0.3, 0.4) is 0 Å². The summed E-state index contributed by atoms with van der Waals surface area (Å²) in [4.78, 5) is 28.1. The van der Waals surface area contributed by atoms with Crippen LogP contribution < -0.4 is 5.32 Å². The van der Waals surface area contributed by atoms with Crippen LogP contribution >= 0.6 is 11.8 Å². The van der Waals surface area contributed by atoms with Crippen LogP contribution in [-0.4, -0.2) is 64.9 Å². The van der Waals surface area contributed by atoms with Gasteiger partial charge >= 0.3 is 0 Å². The van der Waals surface area contributed by atoms with Crippen molar-refractivity contribution in [3.8, 4) is 11.5 Å². The molecule has 2 aromatic rings. The monoisotopic (exact) mass is 422 g/mol. The van der Waals surface area contributed by atoms with Crippen molar-refractivity contribution in [2.75, 3.05) is 25.6 Å². The fourth-order valence-corrected chi connectivity index (χ4v) is 3.63.